The Kier molecular flexibility index (Phi) is 54.0. The minimum Gasteiger partial charge on any atom is -0.394 e. The SMILES string of the molecule is CC/C=C\C/C=C\C/C=C\C/C=C\C/C=C\CCCCCCCCCCCC(=O)NC(COC1OC(CO)C(OC2OC(CO)C(OC3OC(CO)C(O)C(O)C3O)C(O)C2O)C(O)C1O)C(O)/C=C/CC/C=C/CCCCCCCCCCCCCCCCCCCCCCCC. The molecule has 0 spiro atoms. The predicted molar refractivity (Wildman–Crippen MR) is 388 cm³/mol. The average molecular weight is 1390 g/mol. The fraction of sp³-hybridized carbons (Fsp3) is 0.810. The number of aliphatic hydroxyl groups excluding tert-OH is 11. The number of rotatable bonds is 60. The number of hydrogen-bond acceptors (Lipinski definition) is 18. The van der Waals surface area contributed by atoms with Gasteiger partial charge in [-0.05, 0) is 77.0 Å². The highest BCUT2D eigenvalue weighted by Crippen LogP contribution is 2.33. The van der Waals surface area contributed by atoms with E-state index in [2.05, 4.69) is 92.1 Å². The lowest BCUT2D eigenvalue weighted by atomic mass is 9.96. The molecule has 3 rings (SSSR count). The fourth-order valence-corrected chi connectivity index (χ4v) is 12.7. The van der Waals surface area contributed by atoms with Crippen LogP contribution in [0.5, 0.6) is 0 Å². The molecule has 19 heteroatoms. The Morgan fingerprint density at radius 3 is 1.14 bits per heavy atom. The first-order valence-electron chi connectivity index (χ1n) is 38.8. The summed E-state index contributed by atoms with van der Waals surface area (Å²) in [5.74, 6) is -0.293. The lowest BCUT2D eigenvalue weighted by Gasteiger charge is -2.48. The van der Waals surface area contributed by atoms with Gasteiger partial charge in [-0.15, -0.1) is 0 Å². The summed E-state index contributed by atoms with van der Waals surface area (Å²) < 4.78 is 34.4. The van der Waals surface area contributed by atoms with Crippen LogP contribution in [0.3, 0.4) is 0 Å². The lowest BCUT2D eigenvalue weighted by Crippen LogP contribution is -2.66. The molecule has 568 valence electrons. The molecule has 3 heterocycles. The third kappa shape index (κ3) is 39.6. The molecular formula is C79H139NO18. The first-order valence-corrected chi connectivity index (χ1v) is 38.8. The van der Waals surface area contributed by atoms with E-state index in [1.165, 1.54) is 161 Å². The largest absolute Gasteiger partial charge is 0.394 e. The number of unbranched alkanes of at least 4 members (excludes halogenated alkanes) is 32. The summed E-state index contributed by atoms with van der Waals surface area (Å²) >= 11 is 0. The second kappa shape index (κ2) is 59.4. The number of nitrogens with one attached hydrogen (secondary N) is 1. The smallest absolute Gasteiger partial charge is 0.220 e. The van der Waals surface area contributed by atoms with Gasteiger partial charge < -0.3 is 89.9 Å². The van der Waals surface area contributed by atoms with Gasteiger partial charge in [0.15, 0.2) is 18.9 Å². The van der Waals surface area contributed by atoms with Crippen LogP contribution in [0, 0.1) is 0 Å². The van der Waals surface area contributed by atoms with Gasteiger partial charge in [0.1, 0.15) is 73.2 Å². The van der Waals surface area contributed by atoms with E-state index in [0.29, 0.717) is 12.8 Å². The number of carbonyl (C=O) groups excluding carboxylic acids is 1. The van der Waals surface area contributed by atoms with Crippen molar-refractivity contribution in [1.29, 1.82) is 0 Å². The molecule has 0 aromatic rings. The van der Waals surface area contributed by atoms with E-state index in [1.54, 1.807) is 6.08 Å². The van der Waals surface area contributed by atoms with Gasteiger partial charge >= 0.3 is 0 Å². The van der Waals surface area contributed by atoms with E-state index in [4.69, 9.17) is 28.4 Å². The normalized spacial score (nSPS) is 27.2. The molecule has 3 saturated heterocycles. The van der Waals surface area contributed by atoms with Crippen LogP contribution in [-0.2, 0) is 33.2 Å². The van der Waals surface area contributed by atoms with Crippen molar-refractivity contribution in [2.24, 2.45) is 0 Å². The summed E-state index contributed by atoms with van der Waals surface area (Å²) in [5, 5.41) is 121. The molecule has 0 radical (unpaired) electrons. The Labute approximate surface area is 590 Å². The monoisotopic (exact) mass is 1390 g/mol. The van der Waals surface area contributed by atoms with Gasteiger partial charge in [0, 0.05) is 6.42 Å². The minimum atomic E-state index is -1.99. The molecule has 0 bridgehead atoms. The predicted octanol–water partition coefficient (Wildman–Crippen LogP) is 12.2. The summed E-state index contributed by atoms with van der Waals surface area (Å²) in [6.07, 6.45) is 51.3. The molecular weight excluding hydrogens is 1250 g/mol. The Bertz CT molecular complexity index is 2100. The lowest BCUT2D eigenvalue weighted by molar-refractivity contribution is -0.379. The van der Waals surface area contributed by atoms with Crippen molar-refractivity contribution in [2.45, 2.75) is 381 Å². The zero-order valence-corrected chi connectivity index (χ0v) is 60.5. The average Bonchev–Trinajstić information content (AvgIpc) is 0.784. The van der Waals surface area contributed by atoms with Crippen LogP contribution >= 0.6 is 0 Å². The van der Waals surface area contributed by atoms with Crippen LogP contribution in [0.15, 0.2) is 85.1 Å². The molecule has 3 aliphatic heterocycles. The van der Waals surface area contributed by atoms with E-state index in [1.807, 2.05) is 6.08 Å². The van der Waals surface area contributed by atoms with Gasteiger partial charge in [0.05, 0.1) is 38.6 Å². The fourth-order valence-electron chi connectivity index (χ4n) is 12.7. The highest BCUT2D eigenvalue weighted by molar-refractivity contribution is 5.76. The molecule has 19 nitrogen and oxygen atoms in total. The molecule has 1 amide bonds. The van der Waals surface area contributed by atoms with E-state index >= 15 is 0 Å². The summed E-state index contributed by atoms with van der Waals surface area (Å²) in [5.41, 5.74) is 0. The molecule has 0 aromatic carbocycles. The quantitative estimate of drug-likeness (QED) is 0.0199. The second-order valence-electron chi connectivity index (χ2n) is 27.4. The van der Waals surface area contributed by atoms with Gasteiger partial charge in [0.2, 0.25) is 5.91 Å². The van der Waals surface area contributed by atoms with Crippen LogP contribution in [0.25, 0.3) is 0 Å². The number of hydrogen-bond donors (Lipinski definition) is 12. The van der Waals surface area contributed by atoms with E-state index in [0.717, 1.165) is 83.5 Å². The van der Waals surface area contributed by atoms with Crippen LogP contribution in [0.4, 0.5) is 0 Å². The van der Waals surface area contributed by atoms with Gasteiger partial charge in [-0.25, -0.2) is 0 Å². The Balaban J connectivity index is 1.41. The molecule has 3 fully saturated rings. The number of carbonyl (C=O) groups is 1. The molecule has 0 aromatic heterocycles. The van der Waals surface area contributed by atoms with Crippen molar-refractivity contribution in [3.8, 4) is 0 Å². The maximum absolute atomic E-state index is 13.5. The summed E-state index contributed by atoms with van der Waals surface area (Å²) in [6, 6.07) is -1.00. The van der Waals surface area contributed by atoms with Crippen LogP contribution in [0.1, 0.15) is 277 Å². The summed E-state index contributed by atoms with van der Waals surface area (Å²) in [6.45, 7) is 1.62. The Morgan fingerprint density at radius 1 is 0.378 bits per heavy atom. The van der Waals surface area contributed by atoms with E-state index < -0.39 is 124 Å². The molecule has 98 heavy (non-hydrogen) atoms. The molecule has 17 atom stereocenters. The number of aliphatic hydroxyl groups is 11. The maximum atomic E-state index is 13.5. The first-order chi connectivity index (χ1) is 47.8. The van der Waals surface area contributed by atoms with Gasteiger partial charge in [-0.1, -0.05) is 279 Å². The third-order valence-corrected chi connectivity index (χ3v) is 18.9. The highest BCUT2D eigenvalue weighted by Gasteiger charge is 2.53. The van der Waals surface area contributed by atoms with Crippen molar-refractivity contribution < 1.29 is 89.4 Å². The molecule has 17 unspecified atom stereocenters. The summed E-state index contributed by atoms with van der Waals surface area (Å²) in [4.78, 5) is 13.5. The van der Waals surface area contributed by atoms with Crippen molar-refractivity contribution in [1.82, 2.24) is 5.32 Å². The molecule has 0 aliphatic carbocycles. The second-order valence-corrected chi connectivity index (χ2v) is 27.4. The molecule has 12 N–H and O–H groups in total. The highest BCUT2D eigenvalue weighted by atomic mass is 16.8. The van der Waals surface area contributed by atoms with Gasteiger partial charge in [0.25, 0.3) is 0 Å². The van der Waals surface area contributed by atoms with Crippen LogP contribution < -0.4 is 5.32 Å². The Hall–Kier alpha value is -3.03. The Morgan fingerprint density at radius 2 is 0.714 bits per heavy atom. The van der Waals surface area contributed by atoms with Crippen molar-refractivity contribution in [3.63, 3.8) is 0 Å². The van der Waals surface area contributed by atoms with Gasteiger partial charge in [-0.2, -0.15) is 0 Å². The van der Waals surface area contributed by atoms with Crippen molar-refractivity contribution in [2.75, 3.05) is 26.4 Å². The van der Waals surface area contributed by atoms with Gasteiger partial charge in [-0.3, -0.25) is 4.79 Å². The maximum Gasteiger partial charge on any atom is 0.220 e. The zero-order valence-electron chi connectivity index (χ0n) is 60.5. The third-order valence-electron chi connectivity index (χ3n) is 18.9. The van der Waals surface area contributed by atoms with E-state index in [9.17, 15) is 61.0 Å². The van der Waals surface area contributed by atoms with Crippen LogP contribution in [0.2, 0.25) is 0 Å². The van der Waals surface area contributed by atoms with Crippen molar-refractivity contribution >= 4 is 5.91 Å². The standard InChI is InChI=1S/C79H139NO18/c1-3-5-7-9-11-13-15-17-19-21-23-25-27-29-30-31-33-34-36-38-40-42-44-46-48-50-52-54-56-63(84)62(80-67(85)57-55-53-51-49-47-45-43-41-39-37-35-32-28-26-24-22-20-18-16-14-12-10-8-6-4-2)61-93-77-73(91)70(88)75(65(59-82)95-77)98-79-74(92)71(89)76(66(60-83)96-79)97-78-72(90)69(87)68(86)64(58-81)94-78/h6,8,12,14,18,20,24,26,32,35,46,48,54,56,62-66,68-79,81-84,86-92H,3-5,7,9-11,13,15-17,19,21-23,25,27-31,33-34,36-45,47,49-53,55,57-61H2,1-2H3,(H,80,85)/b8-6-,14-12-,20-18-,26-24-,35-32-,48-46+,56-54+. The molecule has 0 saturated carbocycles. The van der Waals surface area contributed by atoms with E-state index in [-0.39, 0.29) is 18.9 Å². The van der Waals surface area contributed by atoms with Crippen molar-refractivity contribution in [3.05, 3.63) is 85.1 Å². The zero-order chi connectivity index (χ0) is 71.1. The first kappa shape index (κ1) is 89.2. The number of ether oxygens (including phenoxy) is 6. The number of allylic oxidation sites excluding steroid dienone is 13. The number of amides is 1. The minimum absolute atomic E-state index is 0.224. The topological polar surface area (TPSA) is 307 Å². The molecule has 3 aliphatic rings. The van der Waals surface area contributed by atoms with Crippen LogP contribution in [-0.4, -0.2) is 193 Å². The summed E-state index contributed by atoms with van der Waals surface area (Å²) in [7, 11) is 0.